The van der Waals surface area contributed by atoms with Crippen molar-refractivity contribution in [3.8, 4) is 22.3 Å². The minimum atomic E-state index is -0.254. The smallest absolute Gasteiger partial charge is 0.252 e. The number of rotatable bonds is 6. The lowest BCUT2D eigenvalue weighted by Gasteiger charge is -2.49. The second-order valence-corrected chi connectivity index (χ2v) is 17.3. The number of nitrogens with zero attached hydrogens (tertiary/aromatic N) is 2. The topological polar surface area (TPSA) is 6.48 Å². The van der Waals surface area contributed by atoms with Gasteiger partial charge in [-0.25, -0.2) is 4.39 Å². The van der Waals surface area contributed by atoms with Gasteiger partial charge in [0.25, 0.3) is 6.71 Å². The zero-order valence-electron chi connectivity index (χ0n) is 33.5. The van der Waals surface area contributed by atoms with Crippen LogP contribution in [0.3, 0.4) is 0 Å². The first-order valence-corrected chi connectivity index (χ1v) is 21.7. The molecule has 61 heavy (non-hydrogen) atoms. The standard InChI is InChI=1S/C55H37B2FN2S/c1-3-4-7-16-35(2)38-25-28-47-42(31-38)57-43-32-39(36-17-8-5-9-18-36)26-29-46(43)59(49-23-14-13-22-45(49)58)50-34-52-54-55(53(50)57)60(47)48-30-27-40(37-19-10-6-11-20-37)33-44(48)56(54)41-21-12-15-24-51(41)61-52/h3-34H,1H2,2H3/b7-4-,35-16+. The van der Waals surface area contributed by atoms with Crippen LogP contribution in [0.1, 0.15) is 12.5 Å². The molecule has 0 unspecified atom stereocenters. The molecule has 0 bridgehead atoms. The van der Waals surface area contributed by atoms with Gasteiger partial charge in [-0.1, -0.05) is 176 Å². The normalized spacial score (nSPS) is 14.0. The molecule has 0 radical (unpaired) electrons. The summed E-state index contributed by atoms with van der Waals surface area (Å²) in [4.78, 5) is 7.20. The number of halogens is 1. The van der Waals surface area contributed by atoms with Crippen LogP contribution in [-0.4, -0.2) is 13.4 Å². The number of hydrogen-bond acceptors (Lipinski definition) is 3. The third-order valence-corrected chi connectivity index (χ3v) is 14.1. The number of benzene rings is 8. The lowest BCUT2D eigenvalue weighted by molar-refractivity contribution is 0.629. The van der Waals surface area contributed by atoms with E-state index in [1.54, 1.807) is 18.2 Å². The van der Waals surface area contributed by atoms with Gasteiger partial charge in [-0.15, -0.1) is 0 Å². The number of anilines is 6. The first-order valence-electron chi connectivity index (χ1n) is 20.9. The fourth-order valence-electron chi connectivity index (χ4n) is 10.2. The molecule has 286 valence electrons. The molecule has 8 aromatic rings. The minimum Gasteiger partial charge on any atom is -0.312 e. The highest BCUT2D eigenvalue weighted by Gasteiger charge is 2.50. The molecular weight excluding hydrogens is 761 g/mol. The highest BCUT2D eigenvalue weighted by atomic mass is 32.2. The second-order valence-electron chi connectivity index (χ2n) is 16.2. The molecule has 4 aliphatic rings. The van der Waals surface area contributed by atoms with Gasteiger partial charge in [0, 0.05) is 38.2 Å². The van der Waals surface area contributed by atoms with Gasteiger partial charge < -0.3 is 9.80 Å². The van der Waals surface area contributed by atoms with Crippen molar-refractivity contribution in [2.24, 2.45) is 0 Å². The van der Waals surface area contributed by atoms with Crippen molar-refractivity contribution >= 4 is 97.7 Å². The summed E-state index contributed by atoms with van der Waals surface area (Å²) in [6.07, 6.45) is 7.98. The van der Waals surface area contributed by atoms with Gasteiger partial charge in [0.15, 0.2) is 0 Å². The largest absolute Gasteiger partial charge is 0.312 e. The molecule has 2 nitrogen and oxygen atoms in total. The van der Waals surface area contributed by atoms with E-state index in [9.17, 15) is 0 Å². The number of hydrogen-bond donors (Lipinski definition) is 0. The number of para-hydroxylation sites is 1. The molecule has 0 aromatic heterocycles. The van der Waals surface area contributed by atoms with E-state index >= 15 is 4.39 Å². The van der Waals surface area contributed by atoms with E-state index in [0.717, 1.165) is 33.5 Å². The molecule has 4 heterocycles. The Hall–Kier alpha value is -7.01. The van der Waals surface area contributed by atoms with Crippen molar-refractivity contribution in [3.05, 3.63) is 212 Å². The summed E-state index contributed by atoms with van der Waals surface area (Å²) in [5.74, 6) is -0.254. The molecule has 0 saturated heterocycles. The van der Waals surface area contributed by atoms with Crippen molar-refractivity contribution in [2.75, 3.05) is 9.80 Å². The van der Waals surface area contributed by atoms with Gasteiger partial charge in [0.2, 0.25) is 6.71 Å². The van der Waals surface area contributed by atoms with E-state index in [1.165, 1.54) is 70.9 Å². The van der Waals surface area contributed by atoms with Gasteiger partial charge in [0.05, 0.1) is 5.69 Å². The summed E-state index contributed by atoms with van der Waals surface area (Å²) in [5.41, 5.74) is 20.6. The molecule has 0 aliphatic carbocycles. The van der Waals surface area contributed by atoms with Crippen LogP contribution < -0.4 is 42.6 Å². The van der Waals surface area contributed by atoms with E-state index in [4.69, 9.17) is 0 Å². The van der Waals surface area contributed by atoms with Gasteiger partial charge in [-0.3, -0.25) is 0 Å². The average molecular weight is 799 g/mol. The molecule has 0 amide bonds. The summed E-state index contributed by atoms with van der Waals surface area (Å²) in [7, 11) is 0. The molecule has 8 aromatic carbocycles. The van der Waals surface area contributed by atoms with Crippen LogP contribution in [0.25, 0.3) is 27.8 Å². The lowest BCUT2D eigenvalue weighted by Crippen LogP contribution is -2.68. The Bertz CT molecular complexity index is 3200. The minimum absolute atomic E-state index is 0.00456. The molecule has 0 atom stereocenters. The average Bonchev–Trinajstić information content (AvgIpc) is 3.31. The monoisotopic (exact) mass is 798 g/mol. The fraction of sp³-hybridized carbons (Fsp3) is 0.0182. The van der Waals surface area contributed by atoms with Gasteiger partial charge in [-0.2, -0.15) is 0 Å². The van der Waals surface area contributed by atoms with Crippen LogP contribution in [0.15, 0.2) is 211 Å². The zero-order chi connectivity index (χ0) is 40.8. The van der Waals surface area contributed by atoms with E-state index in [0.29, 0.717) is 5.69 Å². The summed E-state index contributed by atoms with van der Waals surface area (Å²) >= 11 is 1.84. The molecule has 12 rings (SSSR count). The number of fused-ring (bicyclic) bond motifs is 10. The van der Waals surface area contributed by atoms with Crippen LogP contribution in [0.5, 0.6) is 0 Å². The summed E-state index contributed by atoms with van der Waals surface area (Å²) in [6.45, 7) is 5.93. The summed E-state index contributed by atoms with van der Waals surface area (Å²) < 4.78 is 16.5. The van der Waals surface area contributed by atoms with Crippen LogP contribution >= 0.6 is 11.8 Å². The third kappa shape index (κ3) is 5.45. The van der Waals surface area contributed by atoms with Crippen molar-refractivity contribution in [2.45, 2.75) is 16.7 Å². The molecule has 0 spiro atoms. The Morgan fingerprint density at radius 1 is 0.508 bits per heavy atom. The first-order chi connectivity index (χ1) is 30.1. The van der Waals surface area contributed by atoms with Gasteiger partial charge in [0.1, 0.15) is 5.82 Å². The van der Waals surface area contributed by atoms with Crippen LogP contribution in [0.4, 0.5) is 38.5 Å². The molecule has 0 fully saturated rings. The Kier molecular flexibility index (Phi) is 8.26. The molecule has 6 heteroatoms. The van der Waals surface area contributed by atoms with Crippen molar-refractivity contribution in [1.82, 2.24) is 0 Å². The highest BCUT2D eigenvalue weighted by molar-refractivity contribution is 8.00. The van der Waals surface area contributed by atoms with Crippen molar-refractivity contribution in [1.29, 1.82) is 0 Å². The number of allylic oxidation sites excluding steroid dienone is 5. The van der Waals surface area contributed by atoms with Crippen LogP contribution in [-0.2, 0) is 0 Å². The second kappa shape index (κ2) is 14.0. The van der Waals surface area contributed by atoms with E-state index < -0.39 is 0 Å². The molecule has 4 aliphatic heterocycles. The van der Waals surface area contributed by atoms with Gasteiger partial charge >= 0.3 is 0 Å². The van der Waals surface area contributed by atoms with E-state index in [-0.39, 0.29) is 19.2 Å². The summed E-state index contributed by atoms with van der Waals surface area (Å²) in [5, 5.41) is 0. The maximum Gasteiger partial charge on any atom is 0.252 e. The molecule has 0 N–H and O–H groups in total. The fourth-order valence-corrected chi connectivity index (χ4v) is 11.4. The summed E-state index contributed by atoms with van der Waals surface area (Å²) in [6, 6.07) is 60.7. The Morgan fingerprint density at radius 3 is 1.79 bits per heavy atom. The predicted octanol–water partition coefficient (Wildman–Crippen LogP) is 10.7. The van der Waals surface area contributed by atoms with Gasteiger partial charge in [-0.05, 0) is 110 Å². The van der Waals surface area contributed by atoms with E-state index in [2.05, 4.69) is 181 Å². The molecular formula is C55H37B2FN2S. The zero-order valence-corrected chi connectivity index (χ0v) is 34.3. The first kappa shape index (κ1) is 35.9. The van der Waals surface area contributed by atoms with Crippen LogP contribution in [0, 0.1) is 5.82 Å². The maximum absolute atomic E-state index is 16.5. The SMILES string of the molecule is C=C/C=C\C=C(/C)c1ccc2c(c1)B1c3cc(-c4ccccc4)ccc3N(c3ccccc3F)c3cc4c5c(c31)N2c1ccc(-c2ccccc2)cc1B5c1ccccc1S4. The van der Waals surface area contributed by atoms with Crippen molar-refractivity contribution in [3.63, 3.8) is 0 Å². The maximum atomic E-state index is 16.5. The predicted molar refractivity (Wildman–Crippen MR) is 260 cm³/mol. The van der Waals surface area contributed by atoms with Crippen LogP contribution in [0.2, 0.25) is 0 Å². The Balaban J connectivity index is 1.21. The quantitative estimate of drug-likeness (QED) is 0.122. The molecule has 0 saturated carbocycles. The van der Waals surface area contributed by atoms with Crippen molar-refractivity contribution < 1.29 is 4.39 Å². The highest BCUT2D eigenvalue weighted by Crippen LogP contribution is 2.49. The lowest BCUT2D eigenvalue weighted by atomic mass is 9.29. The Labute approximate surface area is 361 Å². The van der Waals surface area contributed by atoms with E-state index in [1.807, 2.05) is 30.0 Å². The Morgan fingerprint density at radius 2 is 1.10 bits per heavy atom. The third-order valence-electron chi connectivity index (χ3n) is 12.9.